The van der Waals surface area contributed by atoms with Crippen molar-refractivity contribution in [3.05, 3.63) is 89.5 Å². The molecule has 0 radical (unpaired) electrons. The van der Waals surface area contributed by atoms with Crippen LogP contribution in [0, 0.1) is 5.41 Å². The second-order valence-electron chi connectivity index (χ2n) is 9.15. The van der Waals surface area contributed by atoms with Gasteiger partial charge >= 0.3 is 0 Å². The lowest BCUT2D eigenvalue weighted by Gasteiger charge is -2.18. The summed E-state index contributed by atoms with van der Waals surface area (Å²) in [6, 6.07) is 21.6. The Bertz CT molecular complexity index is 1210. The molecular formula is C27H27N3O3. The van der Waals surface area contributed by atoms with Crippen molar-refractivity contribution in [1.29, 1.82) is 0 Å². The number of hydrogen-bond donors (Lipinski definition) is 2. The first kappa shape index (κ1) is 22.3. The smallest absolute Gasteiger partial charge is 0.258 e. The van der Waals surface area contributed by atoms with Crippen molar-refractivity contribution in [2.75, 3.05) is 22.1 Å². The average molecular weight is 442 g/mol. The number of hydrogen-bond acceptors (Lipinski definition) is 3. The molecule has 33 heavy (non-hydrogen) atoms. The van der Waals surface area contributed by atoms with Crippen LogP contribution >= 0.6 is 0 Å². The molecular weight excluding hydrogens is 414 g/mol. The summed E-state index contributed by atoms with van der Waals surface area (Å²) < 4.78 is 0. The Morgan fingerprint density at radius 1 is 0.788 bits per heavy atom. The molecule has 0 spiro atoms. The van der Waals surface area contributed by atoms with Crippen LogP contribution in [-0.2, 0) is 11.2 Å². The molecule has 3 aromatic carbocycles. The van der Waals surface area contributed by atoms with E-state index in [1.54, 1.807) is 53.4 Å². The quantitative estimate of drug-likeness (QED) is 0.589. The molecule has 4 rings (SSSR count). The predicted molar refractivity (Wildman–Crippen MR) is 131 cm³/mol. The molecule has 0 saturated heterocycles. The third kappa shape index (κ3) is 4.95. The highest BCUT2D eigenvalue weighted by atomic mass is 16.2. The number of amides is 3. The number of para-hydroxylation sites is 1. The lowest BCUT2D eigenvalue weighted by atomic mass is 9.95. The highest BCUT2D eigenvalue weighted by Crippen LogP contribution is 2.29. The van der Waals surface area contributed by atoms with Gasteiger partial charge in [-0.25, -0.2) is 0 Å². The molecule has 3 amide bonds. The van der Waals surface area contributed by atoms with Gasteiger partial charge in [-0.15, -0.1) is 0 Å². The Kier molecular flexibility index (Phi) is 6.01. The third-order valence-corrected chi connectivity index (χ3v) is 5.59. The number of benzene rings is 3. The van der Waals surface area contributed by atoms with Crippen LogP contribution in [0.15, 0.2) is 72.8 Å². The zero-order valence-electron chi connectivity index (χ0n) is 19.0. The van der Waals surface area contributed by atoms with Gasteiger partial charge in [0.15, 0.2) is 0 Å². The molecule has 0 aromatic heterocycles. The standard InChI is InChI=1S/C27H27N3O3/c1-27(2,3)26(33)29-22-9-6-8-20(17-22)24(31)28-21-13-11-19(12-14-21)25(32)30-16-15-18-7-4-5-10-23(18)30/h4-14,17H,15-16H2,1-3H3,(H,28,31)(H,29,33). The number of rotatable bonds is 4. The highest BCUT2D eigenvalue weighted by molar-refractivity contribution is 6.08. The Morgan fingerprint density at radius 3 is 2.24 bits per heavy atom. The average Bonchev–Trinajstić information content (AvgIpc) is 3.23. The fourth-order valence-electron chi connectivity index (χ4n) is 3.66. The van der Waals surface area contributed by atoms with Gasteiger partial charge in [-0.3, -0.25) is 14.4 Å². The van der Waals surface area contributed by atoms with Crippen LogP contribution in [0.5, 0.6) is 0 Å². The van der Waals surface area contributed by atoms with Gasteiger partial charge in [-0.1, -0.05) is 45.0 Å². The van der Waals surface area contributed by atoms with Crippen LogP contribution in [0.1, 0.15) is 47.1 Å². The lowest BCUT2D eigenvalue weighted by molar-refractivity contribution is -0.123. The van der Waals surface area contributed by atoms with Crippen LogP contribution in [0.3, 0.4) is 0 Å². The Hall–Kier alpha value is -3.93. The van der Waals surface area contributed by atoms with E-state index in [0.29, 0.717) is 29.0 Å². The maximum Gasteiger partial charge on any atom is 0.258 e. The van der Waals surface area contributed by atoms with Crippen molar-refractivity contribution < 1.29 is 14.4 Å². The van der Waals surface area contributed by atoms with E-state index in [2.05, 4.69) is 10.6 Å². The molecule has 0 bridgehead atoms. The van der Waals surface area contributed by atoms with Crippen molar-refractivity contribution in [3.63, 3.8) is 0 Å². The van der Waals surface area contributed by atoms with Gasteiger partial charge in [0, 0.05) is 40.1 Å². The van der Waals surface area contributed by atoms with E-state index < -0.39 is 5.41 Å². The van der Waals surface area contributed by atoms with E-state index >= 15 is 0 Å². The van der Waals surface area contributed by atoms with Gasteiger partial charge in [0.25, 0.3) is 11.8 Å². The van der Waals surface area contributed by atoms with Gasteiger partial charge in [0.05, 0.1) is 0 Å². The fourth-order valence-corrected chi connectivity index (χ4v) is 3.66. The monoisotopic (exact) mass is 441 g/mol. The number of anilines is 3. The topological polar surface area (TPSA) is 78.5 Å². The molecule has 1 heterocycles. The maximum atomic E-state index is 13.0. The summed E-state index contributed by atoms with van der Waals surface area (Å²) in [7, 11) is 0. The van der Waals surface area contributed by atoms with Crippen molar-refractivity contribution in [3.8, 4) is 0 Å². The summed E-state index contributed by atoms with van der Waals surface area (Å²) in [6.07, 6.45) is 0.853. The minimum Gasteiger partial charge on any atom is -0.326 e. The third-order valence-electron chi connectivity index (χ3n) is 5.59. The molecule has 0 atom stereocenters. The molecule has 0 unspecified atom stereocenters. The van der Waals surface area contributed by atoms with Gasteiger partial charge < -0.3 is 15.5 Å². The molecule has 0 aliphatic carbocycles. The highest BCUT2D eigenvalue weighted by Gasteiger charge is 2.25. The number of nitrogens with one attached hydrogen (secondary N) is 2. The van der Waals surface area contributed by atoms with Gasteiger partial charge in [0.2, 0.25) is 5.91 Å². The first-order chi connectivity index (χ1) is 15.7. The van der Waals surface area contributed by atoms with Crippen LogP contribution in [0.4, 0.5) is 17.1 Å². The summed E-state index contributed by atoms with van der Waals surface area (Å²) in [5.41, 5.74) is 3.74. The molecule has 6 nitrogen and oxygen atoms in total. The normalized spacial score (nSPS) is 12.8. The van der Waals surface area contributed by atoms with Crippen molar-refractivity contribution in [2.45, 2.75) is 27.2 Å². The van der Waals surface area contributed by atoms with E-state index in [4.69, 9.17) is 0 Å². The van der Waals surface area contributed by atoms with Gasteiger partial charge in [-0.05, 0) is 60.5 Å². The minimum atomic E-state index is -0.533. The Balaban J connectivity index is 1.42. The zero-order chi connectivity index (χ0) is 23.6. The molecule has 0 fully saturated rings. The lowest BCUT2D eigenvalue weighted by Crippen LogP contribution is -2.28. The zero-order valence-corrected chi connectivity index (χ0v) is 19.0. The minimum absolute atomic E-state index is 0.0554. The maximum absolute atomic E-state index is 13.0. The Labute approximate surface area is 193 Å². The Morgan fingerprint density at radius 2 is 1.52 bits per heavy atom. The molecule has 168 valence electrons. The summed E-state index contributed by atoms with van der Waals surface area (Å²) in [6.45, 7) is 6.15. The second-order valence-corrected chi connectivity index (χ2v) is 9.15. The van der Waals surface area contributed by atoms with Crippen LogP contribution < -0.4 is 15.5 Å². The van der Waals surface area contributed by atoms with Crippen LogP contribution in [0.2, 0.25) is 0 Å². The molecule has 0 saturated carbocycles. The van der Waals surface area contributed by atoms with E-state index in [1.165, 1.54) is 5.56 Å². The largest absolute Gasteiger partial charge is 0.326 e. The van der Waals surface area contributed by atoms with E-state index in [9.17, 15) is 14.4 Å². The molecule has 2 N–H and O–H groups in total. The summed E-state index contributed by atoms with van der Waals surface area (Å²) in [5.74, 6) is -0.476. The van der Waals surface area contributed by atoms with E-state index in [-0.39, 0.29) is 17.7 Å². The van der Waals surface area contributed by atoms with E-state index in [0.717, 1.165) is 12.1 Å². The van der Waals surface area contributed by atoms with Crippen molar-refractivity contribution in [2.24, 2.45) is 5.41 Å². The first-order valence-electron chi connectivity index (χ1n) is 10.9. The molecule has 1 aliphatic heterocycles. The predicted octanol–water partition coefficient (Wildman–Crippen LogP) is 5.13. The number of nitrogens with zero attached hydrogens (tertiary/aromatic N) is 1. The second kappa shape index (κ2) is 8.90. The summed E-state index contributed by atoms with van der Waals surface area (Å²) in [5, 5.41) is 5.68. The number of fused-ring (bicyclic) bond motifs is 1. The van der Waals surface area contributed by atoms with Gasteiger partial charge in [-0.2, -0.15) is 0 Å². The summed E-state index contributed by atoms with van der Waals surface area (Å²) >= 11 is 0. The molecule has 3 aromatic rings. The molecule has 1 aliphatic rings. The SMILES string of the molecule is CC(C)(C)C(=O)Nc1cccc(C(=O)Nc2ccc(C(=O)N3CCc4ccccc43)cc2)c1. The van der Waals surface area contributed by atoms with E-state index in [1.807, 2.05) is 45.0 Å². The number of carbonyl (C=O) groups is 3. The summed E-state index contributed by atoms with van der Waals surface area (Å²) in [4.78, 5) is 39.7. The first-order valence-corrected chi connectivity index (χ1v) is 10.9. The van der Waals surface area contributed by atoms with Gasteiger partial charge in [0.1, 0.15) is 0 Å². The molecule has 6 heteroatoms. The van der Waals surface area contributed by atoms with Crippen LogP contribution in [-0.4, -0.2) is 24.3 Å². The number of carbonyl (C=O) groups excluding carboxylic acids is 3. The fraction of sp³-hybridized carbons (Fsp3) is 0.222. The van der Waals surface area contributed by atoms with Crippen LogP contribution in [0.25, 0.3) is 0 Å². The van der Waals surface area contributed by atoms with Crippen molar-refractivity contribution in [1.82, 2.24) is 0 Å². The van der Waals surface area contributed by atoms with Crippen molar-refractivity contribution >= 4 is 34.8 Å².